The molecule has 2 aromatic carbocycles. The highest BCUT2D eigenvalue weighted by Gasteiger charge is 2.28. The zero-order valence-electron chi connectivity index (χ0n) is 20.9. The molecule has 0 spiro atoms. The summed E-state index contributed by atoms with van der Waals surface area (Å²) >= 11 is 5.94. The molecule has 0 saturated carbocycles. The lowest BCUT2D eigenvalue weighted by Gasteiger charge is -2.31. The molecule has 2 aromatic rings. The largest absolute Gasteiger partial charge is 0.354 e. The van der Waals surface area contributed by atoms with Crippen molar-refractivity contribution in [3.63, 3.8) is 0 Å². The van der Waals surface area contributed by atoms with Crippen LogP contribution in [0.1, 0.15) is 45.6 Å². The minimum absolute atomic E-state index is 0.112. The van der Waals surface area contributed by atoms with Gasteiger partial charge in [0.2, 0.25) is 21.8 Å². The fourth-order valence-electron chi connectivity index (χ4n) is 3.73. The summed E-state index contributed by atoms with van der Waals surface area (Å²) in [7, 11) is -3.55. The first-order valence-corrected chi connectivity index (χ1v) is 14.1. The topological polar surface area (TPSA) is 86.8 Å². The van der Waals surface area contributed by atoms with Crippen LogP contribution in [0.2, 0.25) is 5.02 Å². The summed E-state index contributed by atoms with van der Waals surface area (Å²) in [6.45, 7) is 6.90. The van der Waals surface area contributed by atoms with E-state index in [9.17, 15) is 18.0 Å². The van der Waals surface area contributed by atoms with E-state index >= 15 is 0 Å². The molecule has 0 bridgehead atoms. The van der Waals surface area contributed by atoms with Crippen LogP contribution >= 0.6 is 11.6 Å². The zero-order chi connectivity index (χ0) is 26.0. The van der Waals surface area contributed by atoms with E-state index in [1.165, 1.54) is 4.31 Å². The van der Waals surface area contributed by atoms with Crippen LogP contribution in [-0.2, 0) is 26.2 Å². The number of benzene rings is 2. The molecule has 2 amide bonds. The van der Waals surface area contributed by atoms with E-state index in [4.69, 9.17) is 11.6 Å². The lowest BCUT2D eigenvalue weighted by atomic mass is 10.1. The van der Waals surface area contributed by atoms with Crippen molar-refractivity contribution in [1.82, 2.24) is 10.2 Å². The van der Waals surface area contributed by atoms with Crippen LogP contribution in [-0.4, -0.2) is 50.5 Å². The number of sulfonamides is 1. The fraction of sp³-hybridized carbons (Fsp3) is 0.462. The Balaban J connectivity index is 2.17. The molecule has 1 atom stereocenters. The molecule has 0 aliphatic rings. The standard InChI is InChI=1S/C26H36ClN3O4S/c1-5-24(26(32)28-18-20(2)3)29(19-21-10-7-6-8-11-21)25(31)12-9-17-30(35(4,33)34)23-15-13-22(27)14-16-23/h6-8,10-11,13-16,20,24H,5,9,12,17-19H2,1-4H3,(H,28,32)/t24-/m0/s1. The van der Waals surface area contributed by atoms with Crippen molar-refractivity contribution in [3.05, 3.63) is 65.2 Å². The van der Waals surface area contributed by atoms with Gasteiger partial charge in [-0.25, -0.2) is 8.42 Å². The number of carbonyl (C=O) groups excluding carboxylic acids is 2. The number of anilines is 1. The van der Waals surface area contributed by atoms with E-state index < -0.39 is 16.1 Å². The molecule has 192 valence electrons. The number of hydrogen-bond donors (Lipinski definition) is 1. The van der Waals surface area contributed by atoms with Crippen LogP contribution in [0.3, 0.4) is 0 Å². The number of nitrogens with zero attached hydrogens (tertiary/aromatic N) is 2. The molecule has 2 rings (SSSR count). The van der Waals surface area contributed by atoms with Crippen LogP contribution in [0.5, 0.6) is 0 Å². The van der Waals surface area contributed by atoms with Gasteiger partial charge in [0.1, 0.15) is 6.04 Å². The molecule has 0 unspecified atom stereocenters. The highest BCUT2D eigenvalue weighted by molar-refractivity contribution is 7.92. The highest BCUT2D eigenvalue weighted by atomic mass is 35.5. The van der Waals surface area contributed by atoms with E-state index in [1.807, 2.05) is 51.1 Å². The van der Waals surface area contributed by atoms with Crippen molar-refractivity contribution < 1.29 is 18.0 Å². The molecule has 0 saturated heterocycles. The van der Waals surface area contributed by atoms with Crippen LogP contribution in [0.25, 0.3) is 0 Å². The molecule has 1 N–H and O–H groups in total. The lowest BCUT2D eigenvalue weighted by Crippen LogP contribution is -2.49. The van der Waals surface area contributed by atoms with Gasteiger partial charge < -0.3 is 10.2 Å². The van der Waals surface area contributed by atoms with E-state index in [0.29, 0.717) is 42.6 Å². The Kier molecular flexibility index (Phi) is 11.0. The first-order chi connectivity index (χ1) is 16.5. The normalized spacial score (nSPS) is 12.3. The molecule has 0 aliphatic carbocycles. The Bertz CT molecular complexity index is 1060. The lowest BCUT2D eigenvalue weighted by molar-refractivity contribution is -0.141. The van der Waals surface area contributed by atoms with Crippen molar-refractivity contribution in [3.8, 4) is 0 Å². The second-order valence-corrected chi connectivity index (χ2v) is 11.3. The van der Waals surface area contributed by atoms with E-state index in [2.05, 4.69) is 5.32 Å². The number of amides is 2. The average Bonchev–Trinajstić information content (AvgIpc) is 2.81. The van der Waals surface area contributed by atoms with Gasteiger partial charge in [-0.2, -0.15) is 0 Å². The van der Waals surface area contributed by atoms with Gasteiger partial charge in [-0.05, 0) is 48.6 Å². The molecule has 0 fully saturated rings. The number of carbonyl (C=O) groups is 2. The van der Waals surface area contributed by atoms with Crippen molar-refractivity contribution in [2.24, 2.45) is 5.92 Å². The number of hydrogen-bond acceptors (Lipinski definition) is 4. The number of nitrogens with one attached hydrogen (secondary N) is 1. The van der Waals surface area contributed by atoms with Gasteiger partial charge in [-0.1, -0.05) is 62.7 Å². The molecular weight excluding hydrogens is 486 g/mol. The van der Waals surface area contributed by atoms with Gasteiger partial charge in [-0.15, -0.1) is 0 Å². The van der Waals surface area contributed by atoms with Crippen LogP contribution in [0.15, 0.2) is 54.6 Å². The fourth-order valence-corrected chi connectivity index (χ4v) is 4.82. The summed E-state index contributed by atoms with van der Waals surface area (Å²) in [5.74, 6) is -0.0704. The Morgan fingerprint density at radius 2 is 1.66 bits per heavy atom. The van der Waals surface area contributed by atoms with E-state index in [1.54, 1.807) is 29.2 Å². The monoisotopic (exact) mass is 521 g/mol. The molecule has 0 aromatic heterocycles. The summed E-state index contributed by atoms with van der Waals surface area (Å²) < 4.78 is 26.0. The maximum absolute atomic E-state index is 13.4. The summed E-state index contributed by atoms with van der Waals surface area (Å²) in [6.07, 6.45) is 2.03. The van der Waals surface area contributed by atoms with E-state index in [0.717, 1.165) is 11.8 Å². The van der Waals surface area contributed by atoms with Gasteiger partial charge in [0.15, 0.2) is 0 Å². The van der Waals surface area contributed by atoms with Crippen LogP contribution in [0.4, 0.5) is 5.69 Å². The second kappa shape index (κ2) is 13.5. The molecular formula is C26H36ClN3O4S. The average molecular weight is 522 g/mol. The molecule has 35 heavy (non-hydrogen) atoms. The molecule has 0 radical (unpaired) electrons. The van der Waals surface area contributed by atoms with E-state index in [-0.39, 0.29) is 24.8 Å². The minimum atomic E-state index is -3.55. The molecule has 9 heteroatoms. The third-order valence-corrected chi connectivity index (χ3v) is 6.98. The third-order valence-electron chi connectivity index (χ3n) is 5.53. The summed E-state index contributed by atoms with van der Waals surface area (Å²) in [4.78, 5) is 27.9. The summed E-state index contributed by atoms with van der Waals surface area (Å²) in [5.41, 5.74) is 1.42. The first kappa shape index (κ1) is 28.7. The molecule has 0 heterocycles. The Morgan fingerprint density at radius 1 is 1.03 bits per heavy atom. The Hall–Kier alpha value is -2.58. The quantitative estimate of drug-likeness (QED) is 0.421. The van der Waals surface area contributed by atoms with Crippen molar-refractivity contribution in [2.45, 2.75) is 52.6 Å². The summed E-state index contributed by atoms with van der Waals surface area (Å²) in [6, 6.07) is 15.5. The van der Waals surface area contributed by atoms with Gasteiger partial charge in [-0.3, -0.25) is 13.9 Å². The van der Waals surface area contributed by atoms with Crippen LogP contribution in [0, 0.1) is 5.92 Å². The maximum Gasteiger partial charge on any atom is 0.242 e. The Labute approximate surface area is 214 Å². The zero-order valence-corrected chi connectivity index (χ0v) is 22.5. The smallest absolute Gasteiger partial charge is 0.242 e. The molecule has 0 aliphatic heterocycles. The van der Waals surface area contributed by atoms with Gasteiger partial charge >= 0.3 is 0 Å². The van der Waals surface area contributed by atoms with Crippen molar-refractivity contribution in [2.75, 3.05) is 23.7 Å². The van der Waals surface area contributed by atoms with Gasteiger partial charge in [0, 0.05) is 31.1 Å². The summed E-state index contributed by atoms with van der Waals surface area (Å²) in [5, 5.41) is 3.45. The van der Waals surface area contributed by atoms with Gasteiger partial charge in [0.05, 0.1) is 11.9 Å². The second-order valence-electron chi connectivity index (χ2n) is 8.99. The van der Waals surface area contributed by atoms with Crippen LogP contribution < -0.4 is 9.62 Å². The Morgan fingerprint density at radius 3 is 2.20 bits per heavy atom. The minimum Gasteiger partial charge on any atom is -0.354 e. The SMILES string of the molecule is CC[C@@H](C(=O)NCC(C)C)N(Cc1ccccc1)C(=O)CCCN(c1ccc(Cl)cc1)S(C)(=O)=O. The highest BCUT2D eigenvalue weighted by Crippen LogP contribution is 2.21. The maximum atomic E-state index is 13.4. The predicted octanol–water partition coefficient (Wildman–Crippen LogP) is 4.47. The number of halogens is 1. The van der Waals surface area contributed by atoms with Gasteiger partial charge in [0.25, 0.3) is 0 Å². The first-order valence-electron chi connectivity index (χ1n) is 11.9. The van der Waals surface area contributed by atoms with Crippen molar-refractivity contribution in [1.29, 1.82) is 0 Å². The van der Waals surface area contributed by atoms with Crippen molar-refractivity contribution >= 4 is 39.1 Å². The third kappa shape index (κ3) is 9.18. The predicted molar refractivity (Wildman–Crippen MR) is 142 cm³/mol. The number of rotatable bonds is 13. The molecule has 7 nitrogen and oxygen atoms in total.